The molecule has 1 aliphatic heterocycles. The lowest BCUT2D eigenvalue weighted by molar-refractivity contribution is 0.567. The number of nitrogens with two attached hydrogens (primary N) is 1. The second kappa shape index (κ2) is 7.59. The van der Waals surface area contributed by atoms with Crippen molar-refractivity contribution < 1.29 is 0 Å². The Labute approximate surface area is 125 Å². The van der Waals surface area contributed by atoms with Crippen molar-refractivity contribution >= 4 is 17.8 Å². The van der Waals surface area contributed by atoms with Crippen LogP contribution < -0.4 is 21.1 Å². The van der Waals surface area contributed by atoms with E-state index in [1.165, 1.54) is 6.42 Å². The van der Waals surface area contributed by atoms with Crippen LogP contribution in [0.4, 0.5) is 17.8 Å². The first-order valence-electron chi connectivity index (χ1n) is 7.38. The minimum absolute atomic E-state index is 0.357. The topological polar surface area (TPSA) is 107 Å². The van der Waals surface area contributed by atoms with Crippen LogP contribution in [0.3, 0.4) is 0 Å². The molecule has 3 N–H and O–H groups in total. The van der Waals surface area contributed by atoms with Gasteiger partial charge in [0.15, 0.2) is 0 Å². The number of nitriles is 1. The first-order chi connectivity index (χ1) is 10.3. The van der Waals surface area contributed by atoms with Crippen molar-refractivity contribution in [1.29, 1.82) is 5.26 Å². The van der Waals surface area contributed by atoms with Crippen LogP contribution in [0.15, 0.2) is 0 Å². The van der Waals surface area contributed by atoms with E-state index < -0.39 is 0 Å². The lowest BCUT2D eigenvalue weighted by Crippen LogP contribution is -2.33. The third kappa shape index (κ3) is 3.92. The molecule has 1 aromatic rings. The van der Waals surface area contributed by atoms with E-state index >= 15 is 0 Å². The van der Waals surface area contributed by atoms with Crippen molar-refractivity contribution in [3.8, 4) is 6.07 Å². The van der Waals surface area contributed by atoms with Gasteiger partial charge in [0.05, 0.1) is 12.5 Å². The fourth-order valence-corrected chi connectivity index (χ4v) is 2.38. The summed E-state index contributed by atoms with van der Waals surface area (Å²) in [7, 11) is 0. The van der Waals surface area contributed by atoms with Crippen LogP contribution in [0.2, 0.25) is 0 Å². The number of aromatic nitrogens is 3. The molecule has 1 aromatic heterocycles. The van der Waals surface area contributed by atoms with E-state index in [1.807, 2.05) is 11.8 Å². The number of nitrogen functional groups attached to an aromatic ring is 1. The average molecular weight is 290 g/mol. The van der Waals surface area contributed by atoms with Gasteiger partial charge in [-0.05, 0) is 26.2 Å². The molecule has 8 nitrogen and oxygen atoms in total. The molecule has 0 aromatic carbocycles. The average Bonchev–Trinajstić information content (AvgIpc) is 2.56. The normalized spacial score (nSPS) is 14.6. The molecule has 1 aliphatic rings. The highest BCUT2D eigenvalue weighted by Gasteiger charge is 2.18. The van der Waals surface area contributed by atoms with Gasteiger partial charge in [0.25, 0.3) is 0 Å². The van der Waals surface area contributed by atoms with Crippen LogP contribution in [-0.2, 0) is 0 Å². The molecule has 0 aliphatic carbocycles. The number of hydrazine groups is 1. The molecule has 8 heteroatoms. The first-order valence-corrected chi connectivity index (χ1v) is 7.38. The maximum atomic E-state index is 8.75. The summed E-state index contributed by atoms with van der Waals surface area (Å²) in [6, 6.07) is 2.15. The van der Waals surface area contributed by atoms with E-state index in [9.17, 15) is 0 Å². The van der Waals surface area contributed by atoms with E-state index in [2.05, 4.69) is 31.3 Å². The standard InChI is InChI=1S/C13H22N8/c1-2-20(10-6-7-14)12-16-11(19-15)17-13(18-12)21-8-4-3-5-9-21/h2-6,8-10,15H2,1H3,(H,16,17,18,19). The van der Waals surface area contributed by atoms with Gasteiger partial charge in [-0.15, -0.1) is 0 Å². The molecule has 0 atom stereocenters. The minimum atomic E-state index is 0.357. The quantitative estimate of drug-likeness (QED) is 0.587. The third-order valence-corrected chi connectivity index (χ3v) is 3.54. The molecule has 2 rings (SSSR count). The summed E-state index contributed by atoms with van der Waals surface area (Å²) < 4.78 is 0. The van der Waals surface area contributed by atoms with E-state index in [4.69, 9.17) is 11.1 Å². The fourth-order valence-electron chi connectivity index (χ4n) is 2.38. The lowest BCUT2D eigenvalue weighted by Gasteiger charge is -2.28. The molecular weight excluding hydrogens is 268 g/mol. The van der Waals surface area contributed by atoms with E-state index in [0.717, 1.165) is 32.5 Å². The highest BCUT2D eigenvalue weighted by atomic mass is 15.4. The van der Waals surface area contributed by atoms with E-state index in [0.29, 0.717) is 30.8 Å². The molecular formula is C13H22N8. The zero-order valence-electron chi connectivity index (χ0n) is 12.4. The summed E-state index contributed by atoms with van der Waals surface area (Å²) in [6.45, 7) is 5.25. The number of nitrogens with one attached hydrogen (secondary N) is 1. The van der Waals surface area contributed by atoms with Gasteiger partial charge in [0, 0.05) is 26.2 Å². The SMILES string of the molecule is CCN(CCC#N)c1nc(NN)nc(N2CCCCC2)n1. The number of hydrogen-bond acceptors (Lipinski definition) is 8. The van der Waals surface area contributed by atoms with Gasteiger partial charge in [-0.2, -0.15) is 20.2 Å². The smallest absolute Gasteiger partial charge is 0.243 e. The van der Waals surface area contributed by atoms with Gasteiger partial charge in [-0.25, -0.2) is 5.84 Å². The van der Waals surface area contributed by atoms with Gasteiger partial charge in [-0.3, -0.25) is 5.43 Å². The molecule has 0 saturated carbocycles. The van der Waals surface area contributed by atoms with Crippen molar-refractivity contribution in [2.24, 2.45) is 5.84 Å². The van der Waals surface area contributed by atoms with Crippen LogP contribution in [-0.4, -0.2) is 41.1 Å². The molecule has 0 bridgehead atoms. The second-order valence-corrected chi connectivity index (χ2v) is 4.94. The summed E-state index contributed by atoms with van der Waals surface area (Å²) >= 11 is 0. The Hall–Kier alpha value is -2.14. The van der Waals surface area contributed by atoms with E-state index in [1.54, 1.807) is 0 Å². The van der Waals surface area contributed by atoms with Gasteiger partial charge in [0.2, 0.25) is 17.8 Å². The van der Waals surface area contributed by atoms with Crippen molar-refractivity contribution in [3.05, 3.63) is 0 Å². The largest absolute Gasteiger partial charge is 0.341 e. The zero-order chi connectivity index (χ0) is 15.1. The highest BCUT2D eigenvalue weighted by molar-refractivity contribution is 5.45. The maximum absolute atomic E-state index is 8.75. The number of rotatable bonds is 6. The van der Waals surface area contributed by atoms with Gasteiger partial charge < -0.3 is 9.80 Å². The molecule has 0 radical (unpaired) electrons. The van der Waals surface area contributed by atoms with Crippen LogP contribution in [0.5, 0.6) is 0 Å². The van der Waals surface area contributed by atoms with Gasteiger partial charge >= 0.3 is 0 Å². The van der Waals surface area contributed by atoms with Crippen LogP contribution in [0, 0.1) is 11.3 Å². The summed E-state index contributed by atoms with van der Waals surface area (Å²) in [4.78, 5) is 17.3. The summed E-state index contributed by atoms with van der Waals surface area (Å²) in [5.41, 5.74) is 2.50. The predicted molar refractivity (Wildman–Crippen MR) is 81.8 cm³/mol. The molecule has 2 heterocycles. The Morgan fingerprint density at radius 2 is 2.05 bits per heavy atom. The van der Waals surface area contributed by atoms with Crippen molar-refractivity contribution in [2.45, 2.75) is 32.6 Å². The van der Waals surface area contributed by atoms with Crippen molar-refractivity contribution in [1.82, 2.24) is 15.0 Å². The Balaban J connectivity index is 2.25. The Morgan fingerprint density at radius 3 is 2.67 bits per heavy atom. The van der Waals surface area contributed by atoms with Gasteiger partial charge in [-0.1, -0.05) is 0 Å². The minimum Gasteiger partial charge on any atom is -0.341 e. The van der Waals surface area contributed by atoms with Crippen molar-refractivity contribution in [3.63, 3.8) is 0 Å². The molecule has 0 amide bonds. The van der Waals surface area contributed by atoms with Gasteiger partial charge in [0.1, 0.15) is 0 Å². The third-order valence-electron chi connectivity index (χ3n) is 3.54. The highest BCUT2D eigenvalue weighted by Crippen LogP contribution is 2.20. The van der Waals surface area contributed by atoms with Crippen LogP contribution >= 0.6 is 0 Å². The number of anilines is 3. The fraction of sp³-hybridized carbons (Fsp3) is 0.692. The molecule has 0 unspecified atom stereocenters. The number of hydrogen-bond donors (Lipinski definition) is 2. The van der Waals surface area contributed by atoms with Crippen LogP contribution in [0.1, 0.15) is 32.6 Å². The monoisotopic (exact) mass is 290 g/mol. The van der Waals surface area contributed by atoms with Crippen LogP contribution in [0.25, 0.3) is 0 Å². The molecule has 1 fully saturated rings. The van der Waals surface area contributed by atoms with Crippen molar-refractivity contribution in [2.75, 3.05) is 41.4 Å². The Bertz CT molecular complexity index is 491. The molecule has 21 heavy (non-hydrogen) atoms. The van der Waals surface area contributed by atoms with E-state index in [-0.39, 0.29) is 0 Å². The summed E-state index contributed by atoms with van der Waals surface area (Å²) in [6.07, 6.45) is 3.99. The maximum Gasteiger partial charge on any atom is 0.243 e. The molecule has 114 valence electrons. The lowest BCUT2D eigenvalue weighted by atomic mass is 10.1. The number of nitrogens with zero attached hydrogens (tertiary/aromatic N) is 6. The first kappa shape index (κ1) is 15.3. The predicted octanol–water partition coefficient (Wildman–Crippen LogP) is 0.887. The molecule has 0 spiro atoms. The zero-order valence-corrected chi connectivity index (χ0v) is 12.4. The Kier molecular flexibility index (Phi) is 5.51. The Morgan fingerprint density at radius 1 is 1.29 bits per heavy atom. The second-order valence-electron chi connectivity index (χ2n) is 4.94. The summed E-state index contributed by atoms with van der Waals surface area (Å²) in [5.74, 6) is 7.05. The number of piperidine rings is 1. The summed E-state index contributed by atoms with van der Waals surface area (Å²) in [5, 5.41) is 8.75. The molecule has 1 saturated heterocycles.